The van der Waals surface area contributed by atoms with Crippen molar-refractivity contribution in [3.8, 4) is 22.5 Å². The van der Waals surface area contributed by atoms with Crippen molar-refractivity contribution in [2.24, 2.45) is 0 Å². The third-order valence-electron chi connectivity index (χ3n) is 15.7. The number of hydrogen-bond acceptors (Lipinski definition) is 12. The molecule has 0 unspecified atom stereocenters. The van der Waals surface area contributed by atoms with E-state index < -0.39 is 65.5 Å². The number of ketones is 3. The molecule has 3 heterocycles. The molecule has 10 rings (SSSR count). The smallest absolute Gasteiger partial charge is 0.407 e. The number of carbonyl (C=O) groups is 7. The number of aryl methyl sites for hydroxylation is 1. The van der Waals surface area contributed by atoms with Crippen molar-refractivity contribution in [2.75, 3.05) is 26.5 Å². The van der Waals surface area contributed by atoms with Crippen molar-refractivity contribution >= 4 is 52.1 Å². The summed E-state index contributed by atoms with van der Waals surface area (Å²) >= 11 is 0. The van der Waals surface area contributed by atoms with Gasteiger partial charge in [-0.15, -0.1) is 0 Å². The van der Waals surface area contributed by atoms with Gasteiger partial charge in [0.15, 0.2) is 17.3 Å². The fourth-order valence-corrected chi connectivity index (χ4v) is 11.6. The number of fused-ring (bicyclic) bond motifs is 8. The highest BCUT2D eigenvalue weighted by Crippen LogP contribution is 2.47. The van der Waals surface area contributed by atoms with Crippen LogP contribution in [0.5, 0.6) is 0 Å². The molecule has 402 valence electrons. The molecule has 78 heavy (non-hydrogen) atoms. The molecular weight excluding hydrogens is 1000 g/mol. The van der Waals surface area contributed by atoms with E-state index in [2.05, 4.69) is 21.3 Å². The van der Waals surface area contributed by atoms with Crippen LogP contribution in [0.25, 0.3) is 33.4 Å². The summed E-state index contributed by atoms with van der Waals surface area (Å²) in [6.45, 7) is 2.42. The lowest BCUT2D eigenvalue weighted by Crippen LogP contribution is -2.43. The zero-order valence-corrected chi connectivity index (χ0v) is 43.3. The summed E-state index contributed by atoms with van der Waals surface area (Å²) in [6, 6.07) is 26.3. The largest absolute Gasteiger partial charge is 0.449 e. The second-order valence-corrected chi connectivity index (χ2v) is 20.4. The summed E-state index contributed by atoms with van der Waals surface area (Å²) < 4.78 is 28.0. The van der Waals surface area contributed by atoms with Gasteiger partial charge in [-0.25, -0.2) is 14.2 Å². The summed E-state index contributed by atoms with van der Waals surface area (Å²) in [7, 11) is 0. The number of nitrogens with zero attached hydrogens (tertiary/aromatic N) is 2. The van der Waals surface area contributed by atoms with Gasteiger partial charge in [0.25, 0.3) is 5.56 Å². The minimum absolute atomic E-state index is 0.0369. The molecule has 3 atom stereocenters. The molecule has 0 saturated carbocycles. The van der Waals surface area contributed by atoms with Crippen LogP contribution in [0.1, 0.15) is 114 Å². The summed E-state index contributed by atoms with van der Waals surface area (Å²) in [5.74, 6) is -3.38. The lowest BCUT2D eigenvalue weighted by molar-refractivity contribution is -0.140. The monoisotopic (exact) mass is 1060 g/mol. The molecule has 0 radical (unpaired) electrons. The number of halogens is 1. The van der Waals surface area contributed by atoms with E-state index in [-0.39, 0.29) is 101 Å². The first-order chi connectivity index (χ1) is 37.6. The highest BCUT2D eigenvalue weighted by molar-refractivity contribution is 5.96. The van der Waals surface area contributed by atoms with Crippen LogP contribution in [0.4, 0.5) is 9.18 Å². The molecule has 4 aromatic carbocycles. The molecular formula is C60H59FN6O11. The molecule has 0 saturated heterocycles. The topological polar surface area (TPSA) is 241 Å². The molecule has 0 bridgehead atoms. The van der Waals surface area contributed by atoms with Gasteiger partial charge in [0.2, 0.25) is 17.7 Å². The van der Waals surface area contributed by atoms with Crippen LogP contribution in [0.3, 0.4) is 0 Å². The zero-order valence-electron chi connectivity index (χ0n) is 43.3. The highest BCUT2D eigenvalue weighted by Gasteiger charge is 2.44. The van der Waals surface area contributed by atoms with Crippen LogP contribution < -0.4 is 26.8 Å². The predicted octanol–water partition coefficient (Wildman–Crippen LogP) is 6.14. The van der Waals surface area contributed by atoms with E-state index in [1.54, 1.807) is 48.7 Å². The Labute approximate surface area is 448 Å². The Hall–Kier alpha value is -8.22. The lowest BCUT2D eigenvalue weighted by atomic mass is 9.77. The van der Waals surface area contributed by atoms with Crippen LogP contribution in [0.15, 0.2) is 95.8 Å². The maximum absolute atomic E-state index is 15.4. The average Bonchev–Trinajstić information content (AvgIpc) is 3.92. The number of nitrogens with one attached hydrogen (secondary N) is 4. The number of Topliss-reactive ketones (excluding diaryl/α,β-unsaturated/α-hetero) is 3. The number of aromatic nitrogens is 2. The molecule has 4 aliphatic rings. The first-order valence-electron chi connectivity index (χ1n) is 26.4. The van der Waals surface area contributed by atoms with Crippen molar-refractivity contribution in [2.45, 2.75) is 108 Å². The number of rotatable bonds is 20. The third-order valence-corrected chi connectivity index (χ3v) is 15.7. The number of amides is 4. The van der Waals surface area contributed by atoms with Gasteiger partial charge in [-0.2, -0.15) is 0 Å². The number of ether oxygens (including phenoxy) is 2. The van der Waals surface area contributed by atoms with Crippen LogP contribution in [-0.4, -0.2) is 88.4 Å². The van der Waals surface area contributed by atoms with Crippen LogP contribution >= 0.6 is 0 Å². The number of aliphatic hydroxyl groups is 1. The number of pyridine rings is 2. The summed E-state index contributed by atoms with van der Waals surface area (Å²) in [4.78, 5) is 111. The Morgan fingerprint density at radius 3 is 2.26 bits per heavy atom. The standard InChI is InChI=1S/C60H59FN6O11/c1-3-60(76)44-26-49-57-42(29-67(49)58(74)41(44)19-22-51(60)70)56-46(20-18-36-33(2)45(61)27-48(66-57)55(36)56)64-54(73)31-77-32-63-52(71)24-21-50(69)47(25-34-11-5-4-6-12-34)65-53(72)23-17-35(68)28-62-59(75)78-30-43-39-15-9-7-13-37(39)38-14-8-10-16-40(38)43/h4-16,26-27,43,46-47,76H,3,17-25,28-32H2,1-2H3,(H,62,75)(H,63,71)(H,64,73)(H,65,72)/t46-,47-,60-/m0/s1. The van der Waals surface area contributed by atoms with E-state index in [1.807, 2.05) is 54.6 Å². The van der Waals surface area contributed by atoms with E-state index in [1.165, 1.54) is 6.07 Å². The number of carbonyl (C=O) groups excluding carboxylic acids is 7. The van der Waals surface area contributed by atoms with Crippen molar-refractivity contribution < 1.29 is 52.5 Å². The number of alkyl carbamates (subject to hydrolysis) is 1. The molecule has 3 aliphatic carbocycles. The first-order valence-corrected chi connectivity index (χ1v) is 26.4. The van der Waals surface area contributed by atoms with Gasteiger partial charge in [-0.1, -0.05) is 85.8 Å². The molecule has 1 aliphatic heterocycles. The Bertz CT molecular complexity index is 3460. The fraction of sp³-hybridized carbons (Fsp3) is 0.350. The SMILES string of the molecule is CC[C@@]1(O)C(=O)CCc2c1cc1n(c2=O)Cc2c-1nc1cc(F)c(C)c3c1c2[C@@H](NC(=O)COCNC(=O)CCC(=O)[C@H](Cc1ccccc1)NC(=O)CCC(=O)CNC(=O)OCC1c2ccccc2-c2ccccc21)CC3. The van der Waals surface area contributed by atoms with Crippen molar-refractivity contribution in [3.63, 3.8) is 0 Å². The van der Waals surface area contributed by atoms with Crippen LogP contribution in [-0.2, 0) is 69.6 Å². The summed E-state index contributed by atoms with van der Waals surface area (Å²) in [6.07, 6.45) is -0.413. The van der Waals surface area contributed by atoms with Crippen molar-refractivity contribution in [1.82, 2.24) is 30.8 Å². The Morgan fingerprint density at radius 1 is 0.821 bits per heavy atom. The molecule has 6 aromatic rings. The van der Waals surface area contributed by atoms with Gasteiger partial charge >= 0.3 is 6.09 Å². The molecule has 5 N–H and O–H groups in total. The second kappa shape index (κ2) is 22.4. The van der Waals surface area contributed by atoms with E-state index in [9.17, 15) is 43.5 Å². The lowest BCUT2D eigenvalue weighted by Gasteiger charge is -2.32. The summed E-state index contributed by atoms with van der Waals surface area (Å²) in [5.41, 5.74) is 7.25. The van der Waals surface area contributed by atoms with E-state index in [0.29, 0.717) is 57.4 Å². The highest BCUT2D eigenvalue weighted by atomic mass is 19.1. The second-order valence-electron chi connectivity index (χ2n) is 20.4. The Morgan fingerprint density at radius 2 is 1.53 bits per heavy atom. The van der Waals surface area contributed by atoms with Crippen LogP contribution in [0.2, 0.25) is 0 Å². The molecule has 4 amide bonds. The zero-order chi connectivity index (χ0) is 54.8. The van der Waals surface area contributed by atoms with Gasteiger partial charge in [-0.05, 0) is 89.6 Å². The quantitative estimate of drug-likeness (QED) is 0.0427. The third kappa shape index (κ3) is 10.5. The minimum Gasteiger partial charge on any atom is -0.449 e. The molecule has 0 spiro atoms. The van der Waals surface area contributed by atoms with Crippen molar-refractivity contribution in [1.29, 1.82) is 0 Å². The normalized spacial score (nSPS) is 17.0. The predicted molar refractivity (Wildman–Crippen MR) is 285 cm³/mol. The maximum atomic E-state index is 15.4. The van der Waals surface area contributed by atoms with Gasteiger partial charge in [-0.3, -0.25) is 33.6 Å². The maximum Gasteiger partial charge on any atom is 0.407 e. The molecule has 2 aromatic heterocycles. The van der Waals surface area contributed by atoms with Gasteiger partial charge < -0.3 is 40.4 Å². The molecule has 18 heteroatoms. The van der Waals surface area contributed by atoms with E-state index in [0.717, 1.165) is 33.4 Å². The van der Waals surface area contributed by atoms with Gasteiger partial charge in [0.1, 0.15) is 31.4 Å². The van der Waals surface area contributed by atoms with Gasteiger partial charge in [0.05, 0.1) is 42.1 Å². The minimum atomic E-state index is -1.82. The van der Waals surface area contributed by atoms with Crippen molar-refractivity contribution in [3.05, 3.63) is 157 Å². The number of hydrogen-bond donors (Lipinski definition) is 5. The Balaban J connectivity index is 0.700. The average molecular weight is 1060 g/mol. The van der Waals surface area contributed by atoms with E-state index >= 15 is 4.39 Å². The van der Waals surface area contributed by atoms with Crippen LogP contribution in [0, 0.1) is 12.7 Å². The number of benzene rings is 4. The molecule has 0 fully saturated rings. The summed E-state index contributed by atoms with van der Waals surface area (Å²) in [5, 5.41) is 23.0. The first kappa shape index (κ1) is 53.2. The van der Waals surface area contributed by atoms with Gasteiger partial charge in [0, 0.05) is 66.2 Å². The Kier molecular flexibility index (Phi) is 15.3. The fourth-order valence-electron chi connectivity index (χ4n) is 11.6. The molecule has 17 nitrogen and oxygen atoms in total. The van der Waals surface area contributed by atoms with E-state index in [4.69, 9.17) is 14.5 Å².